The van der Waals surface area contributed by atoms with Gasteiger partial charge in [-0.05, 0) is 42.3 Å². The van der Waals surface area contributed by atoms with Gasteiger partial charge >= 0.3 is 0 Å². The first-order valence-corrected chi connectivity index (χ1v) is 6.30. The summed E-state index contributed by atoms with van der Waals surface area (Å²) in [5, 5.41) is 3.22. The van der Waals surface area contributed by atoms with Crippen molar-refractivity contribution in [2.75, 3.05) is 11.9 Å². The topological polar surface area (TPSA) is 50.9 Å². The molecule has 2 aromatic rings. The molecule has 98 valence electrons. The molecule has 0 atom stereocenters. The fourth-order valence-corrected chi connectivity index (χ4v) is 1.93. The molecule has 5 heteroatoms. The van der Waals surface area contributed by atoms with Gasteiger partial charge in [0.05, 0.1) is 0 Å². The molecule has 0 unspecified atom stereocenters. The van der Waals surface area contributed by atoms with Gasteiger partial charge in [0.2, 0.25) is 0 Å². The van der Waals surface area contributed by atoms with Crippen molar-refractivity contribution < 1.29 is 4.39 Å². The SMILES string of the molecule is NC(=S)c1cc(F)ccc1NCCc1ccncc1. The maximum Gasteiger partial charge on any atom is 0.124 e. The summed E-state index contributed by atoms with van der Waals surface area (Å²) in [6.07, 6.45) is 4.36. The Kier molecular flexibility index (Phi) is 4.41. The lowest BCUT2D eigenvalue weighted by Crippen LogP contribution is -2.15. The Bertz CT molecular complexity index is 572. The van der Waals surface area contributed by atoms with E-state index < -0.39 is 0 Å². The fourth-order valence-electron chi connectivity index (χ4n) is 1.77. The second-order valence-corrected chi connectivity index (χ2v) is 4.53. The Labute approximate surface area is 116 Å². The van der Waals surface area contributed by atoms with Crippen LogP contribution in [0.5, 0.6) is 0 Å². The van der Waals surface area contributed by atoms with E-state index in [4.69, 9.17) is 18.0 Å². The van der Waals surface area contributed by atoms with Crippen molar-refractivity contribution in [3.05, 3.63) is 59.7 Å². The molecule has 0 aliphatic heterocycles. The molecule has 19 heavy (non-hydrogen) atoms. The number of thiocarbonyl (C=S) groups is 1. The van der Waals surface area contributed by atoms with E-state index in [2.05, 4.69) is 10.3 Å². The average Bonchev–Trinajstić information content (AvgIpc) is 2.41. The van der Waals surface area contributed by atoms with E-state index in [1.807, 2.05) is 12.1 Å². The third-order valence-electron chi connectivity index (χ3n) is 2.73. The number of nitrogens with two attached hydrogens (primary N) is 1. The maximum absolute atomic E-state index is 13.1. The first-order chi connectivity index (χ1) is 9.16. The fraction of sp³-hybridized carbons (Fsp3) is 0.143. The Balaban J connectivity index is 2.02. The number of nitrogens with one attached hydrogen (secondary N) is 1. The molecule has 1 aromatic carbocycles. The number of halogens is 1. The number of hydrogen-bond donors (Lipinski definition) is 2. The van der Waals surface area contributed by atoms with Crippen LogP contribution in [0.1, 0.15) is 11.1 Å². The second-order valence-electron chi connectivity index (χ2n) is 4.09. The van der Waals surface area contributed by atoms with E-state index in [0.717, 1.165) is 12.1 Å². The monoisotopic (exact) mass is 275 g/mol. The first-order valence-electron chi connectivity index (χ1n) is 5.89. The van der Waals surface area contributed by atoms with Gasteiger partial charge in [0.15, 0.2) is 0 Å². The number of benzene rings is 1. The molecular formula is C14H14FN3S. The first kappa shape index (κ1) is 13.4. The number of pyridine rings is 1. The molecule has 2 rings (SSSR count). The van der Waals surface area contributed by atoms with Gasteiger partial charge in [-0.2, -0.15) is 0 Å². The van der Waals surface area contributed by atoms with E-state index in [1.165, 1.54) is 17.7 Å². The smallest absolute Gasteiger partial charge is 0.124 e. The molecule has 0 saturated carbocycles. The van der Waals surface area contributed by atoms with E-state index in [1.54, 1.807) is 18.5 Å². The van der Waals surface area contributed by atoms with Crippen LogP contribution in [0.15, 0.2) is 42.7 Å². The van der Waals surface area contributed by atoms with Crippen LogP contribution >= 0.6 is 12.2 Å². The molecule has 0 amide bonds. The van der Waals surface area contributed by atoms with Gasteiger partial charge in [-0.15, -0.1) is 0 Å². The molecular weight excluding hydrogens is 261 g/mol. The van der Waals surface area contributed by atoms with E-state index >= 15 is 0 Å². The molecule has 3 nitrogen and oxygen atoms in total. The van der Waals surface area contributed by atoms with Gasteiger partial charge in [0.25, 0.3) is 0 Å². The molecule has 0 fully saturated rings. The third kappa shape index (κ3) is 3.72. The van der Waals surface area contributed by atoms with Crippen molar-refractivity contribution in [2.24, 2.45) is 5.73 Å². The van der Waals surface area contributed by atoms with Crippen molar-refractivity contribution in [3.8, 4) is 0 Å². The molecule has 1 heterocycles. The van der Waals surface area contributed by atoms with Crippen LogP contribution in [-0.4, -0.2) is 16.5 Å². The highest BCUT2D eigenvalue weighted by Gasteiger charge is 2.06. The lowest BCUT2D eigenvalue weighted by Gasteiger charge is -2.11. The molecule has 0 bridgehead atoms. The number of nitrogens with zero attached hydrogens (tertiary/aromatic N) is 1. The predicted octanol–water partition coefficient (Wildman–Crippen LogP) is 2.51. The minimum Gasteiger partial charge on any atom is -0.389 e. The predicted molar refractivity (Wildman–Crippen MR) is 78.7 cm³/mol. The minimum absolute atomic E-state index is 0.186. The lowest BCUT2D eigenvalue weighted by molar-refractivity contribution is 0.627. The lowest BCUT2D eigenvalue weighted by atomic mass is 10.1. The Hall–Kier alpha value is -2.01. The van der Waals surface area contributed by atoms with Crippen molar-refractivity contribution in [1.82, 2.24) is 4.98 Å². The summed E-state index contributed by atoms with van der Waals surface area (Å²) < 4.78 is 13.1. The van der Waals surface area contributed by atoms with E-state index in [-0.39, 0.29) is 10.8 Å². The highest BCUT2D eigenvalue weighted by molar-refractivity contribution is 7.80. The molecule has 0 aliphatic carbocycles. The standard InChI is InChI=1S/C14H14FN3S/c15-11-1-2-13(12(9-11)14(16)19)18-8-5-10-3-6-17-7-4-10/h1-4,6-7,9,18H,5,8H2,(H2,16,19). The van der Waals surface area contributed by atoms with Crippen molar-refractivity contribution in [2.45, 2.75) is 6.42 Å². The largest absolute Gasteiger partial charge is 0.389 e. The summed E-state index contributed by atoms with van der Waals surface area (Å²) in [5.74, 6) is -0.345. The number of anilines is 1. The van der Waals surface area contributed by atoms with Crippen LogP contribution in [0, 0.1) is 5.82 Å². The van der Waals surface area contributed by atoms with Crippen molar-refractivity contribution in [1.29, 1.82) is 0 Å². The molecule has 3 N–H and O–H groups in total. The molecule has 0 radical (unpaired) electrons. The molecule has 1 aromatic heterocycles. The average molecular weight is 275 g/mol. The summed E-state index contributed by atoms with van der Waals surface area (Å²) in [7, 11) is 0. The van der Waals surface area contributed by atoms with Crippen LogP contribution in [-0.2, 0) is 6.42 Å². The van der Waals surface area contributed by atoms with Gasteiger partial charge in [0.1, 0.15) is 10.8 Å². The van der Waals surface area contributed by atoms with Crippen molar-refractivity contribution in [3.63, 3.8) is 0 Å². The number of rotatable bonds is 5. The highest BCUT2D eigenvalue weighted by atomic mass is 32.1. The molecule has 0 saturated heterocycles. The Morgan fingerprint density at radius 3 is 2.68 bits per heavy atom. The van der Waals surface area contributed by atoms with E-state index in [0.29, 0.717) is 12.1 Å². The van der Waals surface area contributed by atoms with Crippen LogP contribution in [0.2, 0.25) is 0 Å². The Morgan fingerprint density at radius 1 is 1.26 bits per heavy atom. The summed E-state index contributed by atoms with van der Waals surface area (Å²) in [6.45, 7) is 0.714. The van der Waals surface area contributed by atoms with Crippen LogP contribution in [0.3, 0.4) is 0 Å². The van der Waals surface area contributed by atoms with Gasteiger partial charge < -0.3 is 11.1 Å². The molecule has 0 aliphatic rings. The third-order valence-corrected chi connectivity index (χ3v) is 2.95. The van der Waals surface area contributed by atoms with Gasteiger partial charge in [-0.25, -0.2) is 4.39 Å². The van der Waals surface area contributed by atoms with Gasteiger partial charge in [-0.1, -0.05) is 12.2 Å². The number of aromatic nitrogens is 1. The minimum atomic E-state index is -0.345. The van der Waals surface area contributed by atoms with Gasteiger partial charge in [-0.3, -0.25) is 4.98 Å². The molecule has 0 spiro atoms. The maximum atomic E-state index is 13.1. The Morgan fingerprint density at radius 2 is 2.00 bits per heavy atom. The second kappa shape index (κ2) is 6.24. The van der Waals surface area contributed by atoms with E-state index in [9.17, 15) is 4.39 Å². The highest BCUT2D eigenvalue weighted by Crippen LogP contribution is 2.17. The zero-order valence-corrected chi connectivity index (χ0v) is 11.1. The summed E-state index contributed by atoms with van der Waals surface area (Å²) in [6, 6.07) is 8.30. The summed E-state index contributed by atoms with van der Waals surface area (Å²) in [4.78, 5) is 4.15. The van der Waals surface area contributed by atoms with Crippen LogP contribution < -0.4 is 11.1 Å². The zero-order chi connectivity index (χ0) is 13.7. The van der Waals surface area contributed by atoms with Crippen LogP contribution in [0.4, 0.5) is 10.1 Å². The van der Waals surface area contributed by atoms with Crippen LogP contribution in [0.25, 0.3) is 0 Å². The summed E-state index contributed by atoms with van der Waals surface area (Å²) in [5.41, 5.74) is 8.05. The zero-order valence-electron chi connectivity index (χ0n) is 10.3. The quantitative estimate of drug-likeness (QED) is 0.823. The van der Waals surface area contributed by atoms with Gasteiger partial charge in [0, 0.05) is 30.2 Å². The van der Waals surface area contributed by atoms with Crippen molar-refractivity contribution >= 4 is 22.9 Å². The summed E-state index contributed by atoms with van der Waals surface area (Å²) >= 11 is 4.92. The number of hydrogen-bond acceptors (Lipinski definition) is 3. The normalized spacial score (nSPS) is 10.2.